The van der Waals surface area contributed by atoms with Crippen LogP contribution in [0.2, 0.25) is 0 Å². The van der Waals surface area contributed by atoms with E-state index in [0.29, 0.717) is 11.1 Å². The minimum Gasteiger partial charge on any atom is -0.481 e. The summed E-state index contributed by atoms with van der Waals surface area (Å²) in [5, 5.41) is 8.78. The summed E-state index contributed by atoms with van der Waals surface area (Å²) >= 11 is 34.8. The molecule has 0 unspecified atom stereocenters. The van der Waals surface area contributed by atoms with Crippen molar-refractivity contribution in [1.29, 1.82) is 0 Å². The van der Waals surface area contributed by atoms with Gasteiger partial charge in [0.1, 0.15) is 0 Å². The number of aromatic nitrogens is 3. The van der Waals surface area contributed by atoms with Gasteiger partial charge in [0, 0.05) is 5.56 Å². The molecule has 0 bridgehead atoms. The van der Waals surface area contributed by atoms with Gasteiger partial charge < -0.3 is 5.11 Å². The van der Waals surface area contributed by atoms with Crippen LogP contribution in [0.25, 0.3) is 11.4 Å². The highest BCUT2D eigenvalue weighted by Gasteiger charge is 2.33. The molecule has 1 aromatic carbocycles. The van der Waals surface area contributed by atoms with E-state index in [0.717, 1.165) is 0 Å². The lowest BCUT2D eigenvalue weighted by atomic mass is 10.1. The van der Waals surface area contributed by atoms with Gasteiger partial charge in [0.2, 0.25) is 7.59 Å². The van der Waals surface area contributed by atoms with E-state index in [9.17, 15) is 4.79 Å². The van der Waals surface area contributed by atoms with Crippen LogP contribution >= 0.6 is 69.6 Å². The smallest absolute Gasteiger partial charge is 0.307 e. The summed E-state index contributed by atoms with van der Waals surface area (Å²) in [6.45, 7) is 0. The normalized spacial score (nSPS) is 12.2. The van der Waals surface area contributed by atoms with Gasteiger partial charge in [0.15, 0.2) is 17.5 Å². The van der Waals surface area contributed by atoms with Crippen LogP contribution in [0.15, 0.2) is 24.3 Å². The Balaban J connectivity index is 2.51. The minimum absolute atomic E-state index is 0.115. The van der Waals surface area contributed by atoms with Crippen molar-refractivity contribution in [2.24, 2.45) is 0 Å². The van der Waals surface area contributed by atoms with Crippen LogP contribution in [0.4, 0.5) is 0 Å². The molecule has 24 heavy (non-hydrogen) atoms. The van der Waals surface area contributed by atoms with Crippen LogP contribution in [0, 0.1) is 0 Å². The Kier molecular flexibility index (Phi) is 6.06. The molecule has 1 aromatic heterocycles. The van der Waals surface area contributed by atoms with Crippen LogP contribution in [0.1, 0.15) is 17.2 Å². The maximum atomic E-state index is 10.7. The number of hydrogen-bond acceptors (Lipinski definition) is 4. The van der Waals surface area contributed by atoms with Crippen molar-refractivity contribution in [3.63, 3.8) is 0 Å². The zero-order valence-corrected chi connectivity index (χ0v) is 16.0. The van der Waals surface area contributed by atoms with Crippen molar-refractivity contribution >= 4 is 75.6 Å². The van der Waals surface area contributed by atoms with Crippen molar-refractivity contribution < 1.29 is 9.90 Å². The molecule has 0 saturated heterocycles. The zero-order chi connectivity index (χ0) is 18.1. The van der Waals surface area contributed by atoms with E-state index in [1.807, 2.05) is 0 Å². The van der Waals surface area contributed by atoms with Gasteiger partial charge in [-0.15, -0.1) is 0 Å². The topological polar surface area (TPSA) is 76.0 Å². The molecule has 1 heterocycles. The molecule has 0 atom stereocenters. The van der Waals surface area contributed by atoms with Gasteiger partial charge in [-0.2, -0.15) is 0 Å². The Hall–Kier alpha value is -0.560. The molecular formula is C13H7Cl6N3O2. The van der Waals surface area contributed by atoms with E-state index >= 15 is 0 Å². The largest absolute Gasteiger partial charge is 0.481 e. The molecule has 0 aliphatic rings. The predicted octanol–water partition coefficient (Wildman–Crippen LogP) is 4.82. The van der Waals surface area contributed by atoms with Gasteiger partial charge in [-0.05, 0) is 5.56 Å². The third-order valence-corrected chi connectivity index (χ3v) is 3.72. The number of hydrogen-bond donors (Lipinski definition) is 1. The van der Waals surface area contributed by atoms with E-state index in [-0.39, 0.29) is 23.9 Å². The van der Waals surface area contributed by atoms with Gasteiger partial charge in [0.05, 0.1) is 6.42 Å². The second-order valence-electron chi connectivity index (χ2n) is 4.57. The Labute approximate surface area is 166 Å². The maximum absolute atomic E-state index is 10.7. The molecule has 0 spiro atoms. The second-order valence-corrected chi connectivity index (χ2v) is 9.13. The standard InChI is InChI=1S/C13H7Cl6N3O2/c14-12(15,16)10-20-9(21-11(22-10)13(17,18)19)7-3-1-6(2-4-7)5-8(23)24/h1-4H,5H2,(H,23,24). The molecule has 0 fully saturated rings. The summed E-state index contributed by atoms with van der Waals surface area (Å²) in [5.41, 5.74) is 1.11. The van der Waals surface area contributed by atoms with Crippen LogP contribution in [0.3, 0.4) is 0 Å². The van der Waals surface area contributed by atoms with Crippen LogP contribution in [-0.4, -0.2) is 26.0 Å². The molecule has 2 aromatic rings. The Morgan fingerprint density at radius 2 is 1.33 bits per heavy atom. The third-order valence-electron chi connectivity index (χ3n) is 2.71. The van der Waals surface area contributed by atoms with Crippen molar-refractivity contribution in [2.45, 2.75) is 14.0 Å². The quantitative estimate of drug-likeness (QED) is 0.680. The number of nitrogens with zero attached hydrogens (tertiary/aromatic N) is 3. The van der Waals surface area contributed by atoms with Gasteiger partial charge in [-0.25, -0.2) is 15.0 Å². The minimum atomic E-state index is -1.94. The Morgan fingerprint density at radius 1 is 0.875 bits per heavy atom. The maximum Gasteiger partial charge on any atom is 0.307 e. The van der Waals surface area contributed by atoms with Gasteiger partial charge in [0.25, 0.3) is 0 Å². The van der Waals surface area contributed by atoms with Crippen molar-refractivity contribution in [2.75, 3.05) is 0 Å². The molecule has 5 nitrogen and oxygen atoms in total. The average molecular weight is 450 g/mol. The average Bonchev–Trinajstić information content (AvgIpc) is 2.45. The lowest BCUT2D eigenvalue weighted by molar-refractivity contribution is -0.136. The first-order valence-corrected chi connectivity index (χ1v) is 8.45. The molecule has 0 radical (unpaired) electrons. The van der Waals surface area contributed by atoms with E-state index in [1.165, 1.54) is 0 Å². The highest BCUT2D eigenvalue weighted by Crippen LogP contribution is 2.40. The first kappa shape index (κ1) is 19.8. The number of carboxylic acids is 1. The predicted molar refractivity (Wildman–Crippen MR) is 95.1 cm³/mol. The number of aliphatic carboxylic acids is 1. The van der Waals surface area contributed by atoms with Crippen molar-refractivity contribution in [3.05, 3.63) is 41.5 Å². The van der Waals surface area contributed by atoms with Crippen molar-refractivity contribution in [1.82, 2.24) is 15.0 Å². The van der Waals surface area contributed by atoms with E-state index in [2.05, 4.69) is 15.0 Å². The van der Waals surface area contributed by atoms with Crippen molar-refractivity contribution in [3.8, 4) is 11.4 Å². The SMILES string of the molecule is O=C(O)Cc1ccc(-c2nc(C(Cl)(Cl)Cl)nc(C(Cl)(Cl)Cl)n2)cc1. The first-order chi connectivity index (χ1) is 11.0. The summed E-state index contributed by atoms with van der Waals surface area (Å²) in [4.78, 5) is 22.7. The number of carbonyl (C=O) groups is 1. The Bertz CT molecular complexity index is 724. The number of carboxylic acid groups (broad SMARTS) is 1. The molecular weight excluding hydrogens is 443 g/mol. The fourth-order valence-corrected chi connectivity index (χ4v) is 2.21. The Morgan fingerprint density at radius 3 is 1.71 bits per heavy atom. The molecule has 0 saturated carbocycles. The number of alkyl halides is 6. The molecule has 11 heteroatoms. The van der Waals surface area contributed by atoms with Gasteiger partial charge >= 0.3 is 5.97 Å². The summed E-state index contributed by atoms with van der Waals surface area (Å²) < 4.78 is -3.88. The highest BCUT2D eigenvalue weighted by atomic mass is 35.6. The molecule has 0 amide bonds. The van der Waals surface area contributed by atoms with Crippen LogP contribution in [0.5, 0.6) is 0 Å². The lowest BCUT2D eigenvalue weighted by Crippen LogP contribution is -2.16. The van der Waals surface area contributed by atoms with E-state index < -0.39 is 13.6 Å². The van der Waals surface area contributed by atoms with Gasteiger partial charge in [-0.1, -0.05) is 93.9 Å². The first-order valence-electron chi connectivity index (χ1n) is 6.18. The zero-order valence-electron chi connectivity index (χ0n) is 11.5. The van der Waals surface area contributed by atoms with E-state index in [1.54, 1.807) is 24.3 Å². The number of rotatable bonds is 3. The fraction of sp³-hybridized carbons (Fsp3) is 0.231. The van der Waals surface area contributed by atoms with Crippen LogP contribution in [-0.2, 0) is 18.8 Å². The molecule has 0 aliphatic heterocycles. The highest BCUT2D eigenvalue weighted by molar-refractivity contribution is 6.67. The summed E-state index contributed by atoms with van der Waals surface area (Å²) in [5.74, 6) is -1.23. The molecule has 1 N–H and O–H groups in total. The molecule has 2 rings (SSSR count). The fourth-order valence-electron chi connectivity index (χ4n) is 1.70. The second kappa shape index (κ2) is 7.36. The molecule has 128 valence electrons. The summed E-state index contributed by atoms with van der Waals surface area (Å²) in [6.07, 6.45) is -0.115. The molecule has 0 aliphatic carbocycles. The monoisotopic (exact) mass is 447 g/mol. The number of benzene rings is 1. The lowest BCUT2D eigenvalue weighted by Gasteiger charge is -2.15. The van der Waals surface area contributed by atoms with Gasteiger partial charge in [-0.3, -0.25) is 4.79 Å². The summed E-state index contributed by atoms with van der Waals surface area (Å²) in [7, 11) is 0. The number of halogens is 6. The van der Waals surface area contributed by atoms with E-state index in [4.69, 9.17) is 74.7 Å². The third kappa shape index (κ3) is 5.22. The van der Waals surface area contributed by atoms with Crippen LogP contribution < -0.4 is 0 Å². The summed E-state index contributed by atoms with van der Waals surface area (Å²) in [6, 6.07) is 6.43.